The summed E-state index contributed by atoms with van der Waals surface area (Å²) in [7, 11) is 4.78. The minimum absolute atomic E-state index is 0.124. The van der Waals surface area contributed by atoms with E-state index in [1.54, 1.807) is 62.3 Å². The number of carbonyl (C=O) groups excluding carboxylic acids is 15. The van der Waals surface area contributed by atoms with Gasteiger partial charge in [0.25, 0.3) is 0 Å². The number of nitrogens with two attached hydrogens (primary N) is 13. The first-order chi connectivity index (χ1) is 65.6. The number of alkyl carbamates (subject to hydrolysis) is 3. The molecule has 0 bridgehead atoms. The van der Waals surface area contributed by atoms with Gasteiger partial charge in [-0.15, -0.1) is 0 Å². The van der Waals surface area contributed by atoms with Gasteiger partial charge in [-0.2, -0.15) is 0 Å². The van der Waals surface area contributed by atoms with Gasteiger partial charge >= 0.3 is 36.2 Å². The molecule has 0 aromatic rings. The van der Waals surface area contributed by atoms with Gasteiger partial charge in [0.1, 0.15) is 53.1 Å². The molecule has 0 saturated carbocycles. The molecule has 12 atom stereocenters. The number of carbonyl (C=O) groups is 15. The van der Waals surface area contributed by atoms with E-state index in [0.717, 1.165) is 71.3 Å². The molecule has 46 heteroatoms. The molecule has 0 radical (unpaired) electrons. The van der Waals surface area contributed by atoms with Crippen LogP contribution in [-0.4, -0.2) is 291 Å². The van der Waals surface area contributed by atoms with E-state index < -0.39 is 149 Å². The van der Waals surface area contributed by atoms with E-state index in [-0.39, 0.29) is 55.3 Å². The molecule has 38 N–H and O–H groups in total. The quantitative estimate of drug-likeness (QED) is 0.0224. The van der Waals surface area contributed by atoms with E-state index in [1.807, 2.05) is 0 Å². The van der Waals surface area contributed by atoms with Crippen LogP contribution < -0.4 is 133 Å². The third-order valence-electron chi connectivity index (χ3n) is 20.7. The van der Waals surface area contributed by atoms with Crippen molar-refractivity contribution in [1.82, 2.24) is 58.5 Å². The predicted molar refractivity (Wildman–Crippen MR) is 537 cm³/mol. The molecule has 0 aromatic carbocycles. The lowest BCUT2D eigenvalue weighted by molar-refractivity contribution is -0.146. The van der Waals surface area contributed by atoms with Gasteiger partial charge in [-0.3, -0.25) is 47.9 Å². The molecule has 12 unspecified atom stereocenters. The summed E-state index contributed by atoms with van der Waals surface area (Å²) >= 11 is 0. The van der Waals surface area contributed by atoms with Gasteiger partial charge in [0.2, 0.25) is 47.3 Å². The smallest absolute Gasteiger partial charge is 0.408 e. The second-order valence-corrected chi connectivity index (χ2v) is 36.9. The van der Waals surface area contributed by atoms with E-state index in [2.05, 4.69) is 63.2 Å². The normalized spacial score (nSPS) is 13.7. The number of rotatable bonds is 72. The molecule has 11 amide bonds. The van der Waals surface area contributed by atoms with Gasteiger partial charge in [0.15, 0.2) is 5.78 Å². The molecule has 0 heterocycles. The third-order valence-corrected chi connectivity index (χ3v) is 20.7. The van der Waals surface area contributed by atoms with E-state index >= 15 is 0 Å². The number of hydrogen-bond donors (Lipinski definition) is 25. The lowest BCUT2D eigenvalue weighted by Crippen LogP contribution is -2.54. The first kappa shape index (κ1) is 139. The summed E-state index contributed by atoms with van der Waals surface area (Å²) in [5.41, 5.74) is 72.2. The fourth-order valence-electron chi connectivity index (χ4n) is 12.8. The zero-order valence-electron chi connectivity index (χ0n) is 86.6. The first-order valence-electron chi connectivity index (χ1n) is 49.5. The molecule has 139 heavy (non-hydrogen) atoms. The molecule has 0 aliphatic heterocycles. The molecule has 0 saturated heterocycles. The standard InChI is InChI=1S/C44H90N14O8.C24H48N6O6.C17H32N2O5.C7H16N2O2.CH4O/c1-66-44(65)37(58-43(64)36(57-41(62)33(51)17-3-2-10-24-45)22-8-15-29-54-39(60)32(50)19-5-12-26-47)23-9-16-30-55-42(63)35(56-40(61)34(52)20-6-13-27-48)21-7-14-28-53-38(59)31(49)18-4-11-25-46;1-24(2,3)36-23(34)30-18(12-6-9-15-26)21(32)29-19(22(33)35-4)13-7-10-16-28-20(31)17(27)11-5-8-14-25;1-12(20)13(19-15(22)24-17(5,6)7)10-8-9-11-18-14(21)23-16(2,3)4;1-11-7(10)6(9)4-2-3-5-8;1-2/h31-37H,2-30,45-52H2,1H3,(H,53,59)(H,54,60)(H,55,63)(H,56,61)(H,57,62)(H,58,64);17-19H,5-16,25-27H2,1-4H3,(H,28,31)(H,29,32)(H,30,34);13H,8-11H2,1-7H3,(H,18,21)(H,19,22);6H,2-5,8-9H2,1H3;2H,1H3. The molecule has 0 rings (SSSR count). The number of aliphatic hydroxyl groups excluding tert-OH is 1. The number of unbranched alkanes of at least 4 members (excludes halogenated alkanes) is 13. The fraction of sp³-hybridized carbons (Fsp3) is 0.839. The first-order valence-corrected chi connectivity index (χ1v) is 49.5. The minimum Gasteiger partial charge on any atom is -0.468 e. The average molecular weight is 2000 g/mol. The monoisotopic (exact) mass is 2000 g/mol. The molecule has 0 aromatic heterocycles. The molecule has 814 valence electrons. The maximum Gasteiger partial charge on any atom is 0.408 e. The number of methoxy groups -OCH3 is 3. The summed E-state index contributed by atoms with van der Waals surface area (Å²) in [6.07, 6.45) is 19.8. The van der Waals surface area contributed by atoms with Crippen molar-refractivity contribution in [3.63, 3.8) is 0 Å². The third kappa shape index (κ3) is 81.4. The maximum absolute atomic E-state index is 13.7. The van der Waals surface area contributed by atoms with Crippen molar-refractivity contribution >= 4 is 89.2 Å². The number of amides is 11. The van der Waals surface area contributed by atoms with Crippen molar-refractivity contribution in [3.05, 3.63) is 0 Å². The van der Waals surface area contributed by atoms with Crippen LogP contribution in [0.3, 0.4) is 0 Å². The molecular weight excluding hydrogens is 1810 g/mol. The molecule has 46 nitrogen and oxygen atoms in total. The van der Waals surface area contributed by atoms with Crippen LogP contribution in [0, 0.1) is 0 Å². The second-order valence-electron chi connectivity index (χ2n) is 36.9. The zero-order chi connectivity index (χ0) is 107. The van der Waals surface area contributed by atoms with Crippen molar-refractivity contribution in [2.75, 3.05) is 107 Å². The van der Waals surface area contributed by atoms with Crippen LogP contribution in [0.2, 0.25) is 0 Å². The van der Waals surface area contributed by atoms with Gasteiger partial charge in [-0.25, -0.2) is 24.0 Å². The van der Waals surface area contributed by atoms with Crippen molar-refractivity contribution in [1.29, 1.82) is 0 Å². The summed E-state index contributed by atoms with van der Waals surface area (Å²) in [6.45, 7) is 22.7. The predicted octanol–water partition coefficient (Wildman–Crippen LogP) is 0.486. The second kappa shape index (κ2) is 86.9. The number of hydrogen-bond acceptors (Lipinski definition) is 35. The zero-order valence-corrected chi connectivity index (χ0v) is 86.6. The SMILES string of the molecule is CC(=O)C(CCCCNC(=O)OC(C)(C)C)NC(=O)OC(C)(C)C.CO.COC(=O)C(CCCCNC(=O)C(CCCCNC(=O)C(N)CCCCN)NC(=O)C(N)CCCCN)NC(=O)C(CCCCNC(=O)C(N)CCCCN)NC(=O)C(N)CCCCCN.COC(=O)C(CCCCNC(=O)C(N)CCCCN)NC(=O)C(CCCCN)NC(=O)OC(C)(C)C.COC(=O)C(N)CCCCN. The highest BCUT2D eigenvalue weighted by molar-refractivity contribution is 5.93. The van der Waals surface area contributed by atoms with E-state index in [9.17, 15) is 71.9 Å². The summed E-state index contributed by atoms with van der Waals surface area (Å²) in [4.78, 5) is 186. The van der Waals surface area contributed by atoms with E-state index in [4.69, 9.17) is 103 Å². The summed E-state index contributed by atoms with van der Waals surface area (Å²) in [5, 5.41) is 37.0. The average Bonchev–Trinajstić information content (AvgIpc) is 0.870. The summed E-state index contributed by atoms with van der Waals surface area (Å²) < 4.78 is 29.8. The van der Waals surface area contributed by atoms with E-state index in [1.165, 1.54) is 28.3 Å². The summed E-state index contributed by atoms with van der Waals surface area (Å²) in [5.74, 6) is -4.99. The largest absolute Gasteiger partial charge is 0.468 e. The lowest BCUT2D eigenvalue weighted by Gasteiger charge is -2.25. The maximum atomic E-state index is 13.7. The van der Waals surface area contributed by atoms with Gasteiger partial charge in [0.05, 0.1) is 57.6 Å². The van der Waals surface area contributed by atoms with Crippen LogP contribution in [0.1, 0.15) is 307 Å². The topological polar surface area (TPSA) is 802 Å². The van der Waals surface area contributed by atoms with E-state index in [0.29, 0.717) is 226 Å². The highest BCUT2D eigenvalue weighted by Gasteiger charge is 2.33. The minimum atomic E-state index is -1.06. The Hall–Kier alpha value is -8.91. The van der Waals surface area contributed by atoms with Crippen molar-refractivity contribution in [2.45, 2.75) is 396 Å². The highest BCUT2D eigenvalue weighted by Crippen LogP contribution is 2.16. The Morgan fingerprint density at radius 1 is 0.230 bits per heavy atom. The number of aliphatic hydroxyl groups is 1. The van der Waals surface area contributed by atoms with Crippen molar-refractivity contribution < 1.29 is 105 Å². The van der Waals surface area contributed by atoms with Crippen LogP contribution in [0.5, 0.6) is 0 Å². The summed E-state index contributed by atoms with van der Waals surface area (Å²) in [6, 6.07) is -9.36. The number of ether oxygens (including phenoxy) is 6. The molecular formula is C93H190N24O22. The van der Waals surface area contributed by atoms with Crippen molar-refractivity contribution in [2.24, 2.45) is 74.5 Å². The van der Waals surface area contributed by atoms with Crippen LogP contribution >= 0.6 is 0 Å². The van der Waals surface area contributed by atoms with Crippen molar-refractivity contribution in [3.8, 4) is 0 Å². The highest BCUT2D eigenvalue weighted by atomic mass is 16.6. The Morgan fingerprint density at radius 3 is 0.727 bits per heavy atom. The van der Waals surface area contributed by atoms with Crippen LogP contribution in [0.15, 0.2) is 0 Å². The number of esters is 3. The molecule has 0 aliphatic rings. The van der Waals surface area contributed by atoms with Gasteiger partial charge in [-0.1, -0.05) is 44.9 Å². The number of nitrogens with one attached hydrogen (secondary N) is 11. The van der Waals surface area contributed by atoms with Gasteiger partial charge in [0, 0.05) is 39.8 Å². The van der Waals surface area contributed by atoms with Crippen LogP contribution in [0.25, 0.3) is 0 Å². The Morgan fingerprint density at radius 2 is 0.439 bits per heavy atom. The Bertz CT molecular complexity index is 3320. The van der Waals surface area contributed by atoms with Crippen LogP contribution in [-0.2, 0) is 86.0 Å². The number of Topliss-reactive ketones (excluding diaryl/α,β-unsaturated/α-hetero) is 1. The lowest BCUT2D eigenvalue weighted by atomic mass is 10.0. The van der Waals surface area contributed by atoms with Gasteiger partial charge in [-0.05, 0) is 308 Å². The molecule has 0 spiro atoms. The molecule has 0 aliphatic carbocycles. The number of ketones is 1. The van der Waals surface area contributed by atoms with Crippen LogP contribution in [0.4, 0.5) is 14.4 Å². The molecule has 0 fully saturated rings. The fourth-order valence-corrected chi connectivity index (χ4v) is 12.8. The Kier molecular flexibility index (Phi) is 86.6. The Balaban J connectivity index is -0.000000677. The Labute approximate surface area is 827 Å². The van der Waals surface area contributed by atoms with Gasteiger partial charge < -0.3 is 167 Å².